The van der Waals surface area contributed by atoms with Crippen molar-refractivity contribution in [2.24, 2.45) is 5.92 Å². The lowest BCUT2D eigenvalue weighted by Crippen LogP contribution is -2.22. The largest absolute Gasteiger partial charge is 0.388 e. The minimum Gasteiger partial charge on any atom is -0.388 e. The Morgan fingerprint density at radius 3 is 2.80 bits per heavy atom. The summed E-state index contributed by atoms with van der Waals surface area (Å²) >= 11 is 9.71. The van der Waals surface area contributed by atoms with Crippen molar-refractivity contribution in [3.63, 3.8) is 0 Å². The van der Waals surface area contributed by atoms with Gasteiger partial charge in [-0.2, -0.15) is 0 Å². The fraction of sp³-hybridized carbons (Fsp3) is 0.294. The molecule has 1 aliphatic carbocycles. The second-order valence-corrected chi connectivity index (χ2v) is 6.71. The first-order valence-electron chi connectivity index (χ1n) is 6.85. The maximum absolute atomic E-state index is 10.6. The zero-order chi connectivity index (χ0) is 14.1. The summed E-state index contributed by atoms with van der Waals surface area (Å²) in [6, 6.07) is 14.1. The monoisotopic (exact) mass is 350 g/mol. The van der Waals surface area contributed by atoms with Crippen LogP contribution in [0.25, 0.3) is 0 Å². The van der Waals surface area contributed by atoms with E-state index >= 15 is 0 Å². The molecule has 2 unspecified atom stereocenters. The smallest absolute Gasteiger partial charge is 0.0824 e. The lowest BCUT2D eigenvalue weighted by Gasteiger charge is -2.30. The number of aryl methyl sites for hydroxylation is 1. The normalized spacial score (nSPS) is 21.6. The van der Waals surface area contributed by atoms with Crippen molar-refractivity contribution < 1.29 is 5.11 Å². The van der Waals surface area contributed by atoms with E-state index in [1.165, 1.54) is 5.56 Å². The molecule has 0 spiro atoms. The summed E-state index contributed by atoms with van der Waals surface area (Å²) in [6.07, 6.45) is 2.47. The van der Waals surface area contributed by atoms with Gasteiger partial charge >= 0.3 is 0 Å². The number of aliphatic hydroxyl groups is 1. The molecule has 1 nitrogen and oxygen atoms in total. The Kier molecular flexibility index (Phi) is 4.16. The number of hydrogen-bond donors (Lipinski definition) is 1. The van der Waals surface area contributed by atoms with Crippen molar-refractivity contribution in [3.05, 3.63) is 68.7 Å². The van der Waals surface area contributed by atoms with E-state index in [9.17, 15) is 5.11 Å². The fourth-order valence-corrected chi connectivity index (χ4v) is 3.74. The van der Waals surface area contributed by atoms with Crippen molar-refractivity contribution >= 4 is 27.5 Å². The standard InChI is InChI=1S/C17H16BrClO/c18-14-8-7-12(16(19)10-14)9-13-6-5-11-3-1-2-4-15(11)17(13)20/h1-4,7-8,10,13,17,20H,5-6,9H2. The molecule has 2 aromatic rings. The first-order valence-corrected chi connectivity index (χ1v) is 8.02. The fourth-order valence-electron chi connectivity index (χ4n) is 2.99. The van der Waals surface area contributed by atoms with Gasteiger partial charge in [-0.25, -0.2) is 0 Å². The van der Waals surface area contributed by atoms with Gasteiger partial charge in [-0.15, -0.1) is 0 Å². The van der Waals surface area contributed by atoms with Gasteiger partial charge in [-0.05, 0) is 54.0 Å². The third kappa shape index (κ3) is 2.78. The van der Waals surface area contributed by atoms with E-state index in [4.69, 9.17) is 11.6 Å². The van der Waals surface area contributed by atoms with Crippen LogP contribution >= 0.6 is 27.5 Å². The van der Waals surface area contributed by atoms with Crippen molar-refractivity contribution in [1.82, 2.24) is 0 Å². The zero-order valence-electron chi connectivity index (χ0n) is 11.0. The van der Waals surface area contributed by atoms with Crippen LogP contribution in [0.15, 0.2) is 46.9 Å². The molecule has 0 radical (unpaired) electrons. The molecule has 2 aromatic carbocycles. The minimum absolute atomic E-state index is 0.239. The lowest BCUT2D eigenvalue weighted by molar-refractivity contribution is 0.0937. The van der Waals surface area contributed by atoms with Crippen LogP contribution < -0.4 is 0 Å². The molecule has 0 aromatic heterocycles. The molecule has 104 valence electrons. The molecule has 3 heteroatoms. The van der Waals surface area contributed by atoms with Gasteiger partial charge in [0, 0.05) is 9.50 Å². The highest BCUT2D eigenvalue weighted by molar-refractivity contribution is 9.10. The molecular weight excluding hydrogens is 336 g/mol. The Labute approximate surface area is 132 Å². The first-order chi connectivity index (χ1) is 9.65. The zero-order valence-corrected chi connectivity index (χ0v) is 13.4. The number of rotatable bonds is 2. The van der Waals surface area contributed by atoms with Gasteiger partial charge in [-0.1, -0.05) is 57.9 Å². The third-order valence-electron chi connectivity index (χ3n) is 4.10. The predicted octanol–water partition coefficient (Wildman–Crippen LogP) is 4.94. The molecule has 0 bridgehead atoms. The summed E-state index contributed by atoms with van der Waals surface area (Å²) in [4.78, 5) is 0. The predicted molar refractivity (Wildman–Crippen MR) is 86.1 cm³/mol. The highest BCUT2D eigenvalue weighted by Crippen LogP contribution is 2.37. The van der Waals surface area contributed by atoms with E-state index in [0.29, 0.717) is 0 Å². The Hall–Kier alpha value is -0.830. The molecule has 3 rings (SSSR count). The molecule has 0 saturated carbocycles. The molecule has 0 saturated heterocycles. The molecule has 2 atom stereocenters. The molecular formula is C17H16BrClO. The second-order valence-electron chi connectivity index (χ2n) is 5.38. The number of fused-ring (bicyclic) bond motifs is 1. The Balaban J connectivity index is 1.83. The minimum atomic E-state index is -0.389. The van der Waals surface area contributed by atoms with E-state index in [0.717, 1.165) is 39.9 Å². The van der Waals surface area contributed by atoms with Crippen LogP contribution in [0.1, 0.15) is 29.2 Å². The maximum Gasteiger partial charge on any atom is 0.0824 e. The molecule has 0 fully saturated rings. The molecule has 0 aliphatic heterocycles. The lowest BCUT2D eigenvalue weighted by atomic mass is 9.78. The second kappa shape index (κ2) is 5.88. The summed E-state index contributed by atoms with van der Waals surface area (Å²) in [5, 5.41) is 11.3. The molecule has 1 aliphatic rings. The maximum atomic E-state index is 10.6. The average Bonchev–Trinajstić information content (AvgIpc) is 2.45. The molecule has 1 N–H and O–H groups in total. The van der Waals surface area contributed by atoms with E-state index < -0.39 is 0 Å². The van der Waals surface area contributed by atoms with Crippen molar-refractivity contribution in [2.45, 2.75) is 25.4 Å². The van der Waals surface area contributed by atoms with Gasteiger partial charge in [0.1, 0.15) is 0 Å². The summed E-state index contributed by atoms with van der Waals surface area (Å²) in [5.74, 6) is 0.239. The Morgan fingerprint density at radius 2 is 2.00 bits per heavy atom. The Bertz CT molecular complexity index is 626. The number of hydrogen-bond acceptors (Lipinski definition) is 1. The van der Waals surface area contributed by atoms with Crippen molar-refractivity contribution in [2.75, 3.05) is 0 Å². The van der Waals surface area contributed by atoms with E-state index in [-0.39, 0.29) is 12.0 Å². The summed E-state index contributed by atoms with van der Waals surface area (Å²) in [5.41, 5.74) is 3.47. The van der Waals surface area contributed by atoms with Crippen LogP contribution in [-0.2, 0) is 12.8 Å². The van der Waals surface area contributed by atoms with Crippen LogP contribution in [0.2, 0.25) is 5.02 Å². The number of benzene rings is 2. The van der Waals surface area contributed by atoms with Gasteiger partial charge in [0.05, 0.1) is 6.10 Å². The van der Waals surface area contributed by atoms with E-state index in [1.807, 2.05) is 36.4 Å². The van der Waals surface area contributed by atoms with Crippen LogP contribution in [0.5, 0.6) is 0 Å². The summed E-state index contributed by atoms with van der Waals surface area (Å²) in [7, 11) is 0. The highest BCUT2D eigenvalue weighted by Gasteiger charge is 2.28. The molecule has 20 heavy (non-hydrogen) atoms. The molecule has 0 heterocycles. The van der Waals surface area contributed by atoms with Gasteiger partial charge in [0.25, 0.3) is 0 Å². The van der Waals surface area contributed by atoms with Gasteiger partial charge in [0.2, 0.25) is 0 Å². The summed E-state index contributed by atoms with van der Waals surface area (Å²) < 4.78 is 0.987. The number of aliphatic hydroxyl groups excluding tert-OH is 1. The van der Waals surface area contributed by atoms with Crippen LogP contribution in [0.4, 0.5) is 0 Å². The van der Waals surface area contributed by atoms with E-state index in [2.05, 4.69) is 22.0 Å². The number of halogens is 2. The third-order valence-corrected chi connectivity index (χ3v) is 4.95. The highest BCUT2D eigenvalue weighted by atomic mass is 79.9. The molecule has 0 amide bonds. The SMILES string of the molecule is OC1c2ccccc2CCC1Cc1ccc(Br)cc1Cl. The topological polar surface area (TPSA) is 20.2 Å². The first kappa shape index (κ1) is 14.1. The van der Waals surface area contributed by atoms with Crippen molar-refractivity contribution in [1.29, 1.82) is 0 Å². The Morgan fingerprint density at radius 1 is 1.20 bits per heavy atom. The average molecular weight is 352 g/mol. The quantitative estimate of drug-likeness (QED) is 0.812. The van der Waals surface area contributed by atoms with E-state index in [1.54, 1.807) is 0 Å². The van der Waals surface area contributed by atoms with Gasteiger partial charge in [-0.3, -0.25) is 0 Å². The van der Waals surface area contributed by atoms with Gasteiger partial charge in [0.15, 0.2) is 0 Å². The van der Waals surface area contributed by atoms with Crippen LogP contribution in [0, 0.1) is 5.92 Å². The van der Waals surface area contributed by atoms with Crippen LogP contribution in [0.3, 0.4) is 0 Å². The van der Waals surface area contributed by atoms with Crippen LogP contribution in [-0.4, -0.2) is 5.11 Å². The summed E-state index contributed by atoms with van der Waals surface area (Å²) in [6.45, 7) is 0. The van der Waals surface area contributed by atoms with Crippen molar-refractivity contribution in [3.8, 4) is 0 Å². The van der Waals surface area contributed by atoms with Gasteiger partial charge < -0.3 is 5.11 Å².